The van der Waals surface area contributed by atoms with E-state index in [-0.39, 0.29) is 12.3 Å². The summed E-state index contributed by atoms with van der Waals surface area (Å²) < 4.78 is 9.62. The minimum absolute atomic E-state index is 0.0409. The molecule has 0 aliphatic carbocycles. The highest BCUT2D eigenvalue weighted by Gasteiger charge is 2.31. The molecule has 0 fully saturated rings. The van der Waals surface area contributed by atoms with E-state index in [2.05, 4.69) is 21.9 Å². The lowest BCUT2D eigenvalue weighted by atomic mass is 10.0. The number of hydrogen-bond donors (Lipinski definition) is 3. The summed E-state index contributed by atoms with van der Waals surface area (Å²) in [4.78, 5) is 50.2. The third-order valence-electron chi connectivity index (χ3n) is 3.81. The number of alkyl carbamates (subject to hydrolysis) is 1. The molecular weight excluding hydrogens is 406 g/mol. The van der Waals surface area contributed by atoms with Crippen molar-refractivity contribution in [1.82, 2.24) is 15.5 Å². The fourth-order valence-corrected chi connectivity index (χ4v) is 2.55. The Bertz CT molecular complexity index is 817. The zero-order valence-electron chi connectivity index (χ0n) is 18.1. The average molecular weight is 435 g/mol. The molecular formula is C21H29N3O7. The van der Waals surface area contributed by atoms with Gasteiger partial charge in [-0.1, -0.05) is 18.2 Å². The van der Waals surface area contributed by atoms with Crippen LogP contribution in [0.25, 0.3) is 0 Å². The van der Waals surface area contributed by atoms with Crippen LogP contribution in [0, 0.1) is 0 Å². The number of hydrogen-bond acceptors (Lipinski definition) is 7. The summed E-state index contributed by atoms with van der Waals surface area (Å²) in [6.07, 6.45) is 0.623. The molecule has 10 heteroatoms. The molecule has 0 heterocycles. The smallest absolute Gasteiger partial charge is 0.408 e. The number of carbonyl (C=O) groups is 4. The summed E-state index contributed by atoms with van der Waals surface area (Å²) in [5.41, 5.74) is -0.443. The zero-order valence-corrected chi connectivity index (χ0v) is 18.1. The van der Waals surface area contributed by atoms with Crippen molar-refractivity contribution in [3.8, 4) is 5.75 Å². The van der Waals surface area contributed by atoms with E-state index >= 15 is 0 Å². The Kier molecular flexibility index (Phi) is 9.52. The average Bonchev–Trinajstić information content (AvgIpc) is 2.68. The Hall–Kier alpha value is -3.56. The highest BCUT2D eigenvalue weighted by Crippen LogP contribution is 2.24. The van der Waals surface area contributed by atoms with E-state index in [9.17, 15) is 24.3 Å². The lowest BCUT2D eigenvalue weighted by Gasteiger charge is -2.30. The van der Waals surface area contributed by atoms with Crippen molar-refractivity contribution in [3.05, 3.63) is 42.5 Å². The number of ether oxygens (including phenoxy) is 2. The van der Waals surface area contributed by atoms with Crippen LogP contribution in [0.5, 0.6) is 5.75 Å². The van der Waals surface area contributed by atoms with Crippen molar-refractivity contribution in [2.24, 2.45) is 0 Å². The van der Waals surface area contributed by atoms with Gasteiger partial charge in [-0.3, -0.25) is 14.4 Å². The standard InChI is InChI=1S/C21H29N3O7/c1-6-10-24(16(26)12-23-20(29)31-21(2,3)4)18(14-8-7-9-15(25)11-14)19(28)22-13-17(27)30-5/h6-9,11,18,25H,1,10,12-13H2,2-5H3,(H,22,28)(H,23,29). The Morgan fingerprint density at radius 3 is 2.42 bits per heavy atom. The molecule has 1 atom stereocenters. The van der Waals surface area contributed by atoms with Crippen LogP contribution in [0.1, 0.15) is 32.4 Å². The summed E-state index contributed by atoms with van der Waals surface area (Å²) in [6, 6.07) is 4.60. The fraction of sp³-hybridized carbons (Fsp3) is 0.429. The largest absolute Gasteiger partial charge is 0.508 e. The highest BCUT2D eigenvalue weighted by atomic mass is 16.6. The molecule has 3 amide bonds. The van der Waals surface area contributed by atoms with Gasteiger partial charge in [0.05, 0.1) is 7.11 Å². The molecule has 0 aromatic heterocycles. The summed E-state index contributed by atoms with van der Waals surface area (Å²) in [7, 11) is 1.18. The molecule has 3 N–H and O–H groups in total. The number of carbonyl (C=O) groups excluding carboxylic acids is 4. The lowest BCUT2D eigenvalue weighted by molar-refractivity contribution is -0.143. The first-order valence-electron chi connectivity index (χ1n) is 9.49. The van der Waals surface area contributed by atoms with Gasteiger partial charge in [-0.25, -0.2) is 4.79 Å². The third kappa shape index (κ3) is 8.77. The second-order valence-electron chi connectivity index (χ2n) is 7.48. The minimum Gasteiger partial charge on any atom is -0.508 e. The maximum absolute atomic E-state index is 12.9. The summed E-state index contributed by atoms with van der Waals surface area (Å²) >= 11 is 0. The van der Waals surface area contributed by atoms with Crippen molar-refractivity contribution in [2.45, 2.75) is 32.4 Å². The first-order chi connectivity index (χ1) is 14.5. The van der Waals surface area contributed by atoms with Crippen LogP contribution in [-0.4, -0.2) is 66.2 Å². The Morgan fingerprint density at radius 2 is 1.87 bits per heavy atom. The Morgan fingerprint density at radius 1 is 1.19 bits per heavy atom. The number of phenolic OH excluding ortho intramolecular Hbond substituents is 1. The first-order valence-corrected chi connectivity index (χ1v) is 9.49. The second kappa shape index (κ2) is 11.6. The van der Waals surface area contributed by atoms with E-state index in [1.54, 1.807) is 26.8 Å². The number of nitrogens with one attached hydrogen (secondary N) is 2. The Balaban J connectivity index is 3.12. The van der Waals surface area contributed by atoms with Gasteiger partial charge in [0, 0.05) is 6.54 Å². The predicted octanol–water partition coefficient (Wildman–Crippen LogP) is 1.26. The molecule has 0 saturated heterocycles. The van der Waals surface area contributed by atoms with E-state index in [1.807, 2.05) is 0 Å². The molecule has 1 aromatic rings. The quantitative estimate of drug-likeness (QED) is 0.393. The SMILES string of the molecule is C=CCN(C(=O)CNC(=O)OC(C)(C)C)C(C(=O)NCC(=O)OC)c1cccc(O)c1. The van der Waals surface area contributed by atoms with Crippen molar-refractivity contribution >= 4 is 23.9 Å². The second-order valence-corrected chi connectivity index (χ2v) is 7.48. The van der Waals surface area contributed by atoms with Gasteiger partial charge < -0.3 is 30.1 Å². The van der Waals surface area contributed by atoms with Crippen LogP contribution < -0.4 is 10.6 Å². The monoisotopic (exact) mass is 435 g/mol. The van der Waals surface area contributed by atoms with Gasteiger partial charge >= 0.3 is 12.1 Å². The fourth-order valence-electron chi connectivity index (χ4n) is 2.55. The van der Waals surface area contributed by atoms with Crippen molar-refractivity contribution in [3.63, 3.8) is 0 Å². The van der Waals surface area contributed by atoms with Gasteiger partial charge in [0.2, 0.25) is 11.8 Å². The molecule has 0 radical (unpaired) electrons. The van der Waals surface area contributed by atoms with E-state index in [1.165, 1.54) is 31.4 Å². The van der Waals surface area contributed by atoms with Crippen LogP contribution in [0.15, 0.2) is 36.9 Å². The van der Waals surface area contributed by atoms with Gasteiger partial charge in [0.25, 0.3) is 0 Å². The van der Waals surface area contributed by atoms with Crippen LogP contribution in [0.4, 0.5) is 4.79 Å². The van der Waals surface area contributed by atoms with Gasteiger partial charge in [0.15, 0.2) is 0 Å². The van der Waals surface area contributed by atoms with Crippen molar-refractivity contribution in [1.29, 1.82) is 0 Å². The predicted molar refractivity (Wildman–Crippen MR) is 112 cm³/mol. The number of phenols is 1. The molecule has 0 bridgehead atoms. The maximum atomic E-state index is 12.9. The maximum Gasteiger partial charge on any atom is 0.408 e. The number of nitrogens with zero attached hydrogens (tertiary/aromatic N) is 1. The van der Waals surface area contributed by atoms with Crippen LogP contribution in [0.3, 0.4) is 0 Å². The molecule has 170 valence electrons. The normalized spacial score (nSPS) is 11.6. The van der Waals surface area contributed by atoms with Crippen molar-refractivity contribution < 1.29 is 33.8 Å². The molecule has 0 spiro atoms. The van der Waals surface area contributed by atoms with E-state index in [0.717, 1.165) is 4.90 Å². The molecule has 10 nitrogen and oxygen atoms in total. The van der Waals surface area contributed by atoms with Crippen molar-refractivity contribution in [2.75, 3.05) is 26.7 Å². The van der Waals surface area contributed by atoms with Crippen LogP contribution in [0.2, 0.25) is 0 Å². The van der Waals surface area contributed by atoms with Gasteiger partial charge in [-0.2, -0.15) is 0 Å². The van der Waals surface area contributed by atoms with Gasteiger partial charge in [-0.15, -0.1) is 6.58 Å². The number of amides is 3. The number of rotatable bonds is 9. The molecule has 0 aliphatic heterocycles. The lowest BCUT2D eigenvalue weighted by Crippen LogP contribution is -2.48. The van der Waals surface area contributed by atoms with Crippen LogP contribution in [-0.2, 0) is 23.9 Å². The minimum atomic E-state index is -1.21. The highest BCUT2D eigenvalue weighted by molar-refractivity contribution is 5.92. The summed E-state index contributed by atoms with van der Waals surface area (Å²) in [5.74, 6) is -2.06. The third-order valence-corrected chi connectivity index (χ3v) is 3.81. The van der Waals surface area contributed by atoms with Gasteiger partial charge in [0.1, 0.15) is 30.5 Å². The molecule has 0 saturated carbocycles. The topological polar surface area (TPSA) is 134 Å². The molecule has 1 rings (SSSR count). The first kappa shape index (κ1) is 25.5. The summed E-state index contributed by atoms with van der Waals surface area (Å²) in [6.45, 7) is 7.76. The van der Waals surface area contributed by atoms with Gasteiger partial charge in [-0.05, 0) is 38.5 Å². The van der Waals surface area contributed by atoms with E-state index < -0.39 is 48.6 Å². The number of esters is 1. The van der Waals surface area contributed by atoms with E-state index in [4.69, 9.17) is 4.74 Å². The molecule has 0 aliphatic rings. The van der Waals surface area contributed by atoms with E-state index in [0.29, 0.717) is 5.56 Å². The van der Waals surface area contributed by atoms with Crippen LogP contribution >= 0.6 is 0 Å². The number of aromatic hydroxyl groups is 1. The molecule has 31 heavy (non-hydrogen) atoms. The molecule has 1 aromatic carbocycles. The number of benzene rings is 1. The zero-order chi connectivity index (χ0) is 23.6. The molecule has 1 unspecified atom stereocenters. The summed E-state index contributed by atoms with van der Waals surface area (Å²) in [5, 5.41) is 14.6. The number of methoxy groups -OCH3 is 1. The Labute approximate surface area is 181 Å².